The number of nitrogens with zero attached hydrogens (tertiary/aromatic N) is 2. The number of carboxylic acids is 1. The summed E-state index contributed by atoms with van der Waals surface area (Å²) in [5.74, 6) is -2.04. The summed E-state index contributed by atoms with van der Waals surface area (Å²) in [5, 5.41) is 9.53. The van der Waals surface area contributed by atoms with Crippen LogP contribution in [0.2, 0.25) is 5.02 Å². The molecule has 1 aliphatic rings. The highest BCUT2D eigenvalue weighted by Gasteiger charge is 2.51. The van der Waals surface area contributed by atoms with Gasteiger partial charge in [-0.05, 0) is 30.5 Å². The highest BCUT2D eigenvalue weighted by Crippen LogP contribution is 2.55. The summed E-state index contributed by atoms with van der Waals surface area (Å²) in [6.07, 6.45) is -3.86. The summed E-state index contributed by atoms with van der Waals surface area (Å²) in [6.45, 7) is 0. The van der Waals surface area contributed by atoms with E-state index in [4.69, 9.17) is 21.4 Å². The van der Waals surface area contributed by atoms with Crippen molar-refractivity contribution in [2.45, 2.75) is 24.4 Å². The summed E-state index contributed by atoms with van der Waals surface area (Å²) in [5.41, 5.74) is -2.80. The molecule has 0 unspecified atom stereocenters. The van der Waals surface area contributed by atoms with E-state index < -0.39 is 28.9 Å². The third-order valence-corrected chi connectivity index (χ3v) is 4.38. The first-order chi connectivity index (χ1) is 11.7. The summed E-state index contributed by atoms with van der Waals surface area (Å²) < 4.78 is 44.8. The number of hydrogen-bond donors (Lipinski definition) is 1. The summed E-state index contributed by atoms with van der Waals surface area (Å²) >= 11 is 5.86. The van der Waals surface area contributed by atoms with Gasteiger partial charge in [0, 0.05) is 10.4 Å². The Bertz CT molecular complexity index is 834. The van der Waals surface area contributed by atoms with Crippen molar-refractivity contribution in [1.29, 1.82) is 0 Å². The lowest BCUT2D eigenvalue weighted by atomic mass is 9.92. The van der Waals surface area contributed by atoms with E-state index in [0.717, 1.165) is 5.56 Å². The summed E-state index contributed by atoms with van der Waals surface area (Å²) in [7, 11) is 1.21. The molecule has 132 valence electrons. The predicted octanol–water partition coefficient (Wildman–Crippen LogP) is 3.94. The summed E-state index contributed by atoms with van der Waals surface area (Å²) in [6, 6.07) is 6.67. The number of alkyl halides is 3. The molecule has 1 saturated carbocycles. The van der Waals surface area contributed by atoms with Gasteiger partial charge in [0.15, 0.2) is 11.4 Å². The maximum absolute atomic E-state index is 13.3. The largest absolute Gasteiger partial charge is 0.480 e. The molecular formula is C16H12ClF3N2O3. The van der Waals surface area contributed by atoms with E-state index in [9.17, 15) is 18.0 Å². The van der Waals surface area contributed by atoms with Crippen LogP contribution in [-0.2, 0) is 11.6 Å². The monoisotopic (exact) mass is 372 g/mol. The summed E-state index contributed by atoms with van der Waals surface area (Å²) in [4.78, 5) is 18.4. The van der Waals surface area contributed by atoms with Crippen molar-refractivity contribution in [3.8, 4) is 5.88 Å². The molecule has 0 amide bonds. The van der Waals surface area contributed by atoms with Gasteiger partial charge in [0.1, 0.15) is 5.69 Å². The van der Waals surface area contributed by atoms with Crippen LogP contribution in [0.25, 0.3) is 0 Å². The number of aromatic carboxylic acids is 1. The lowest BCUT2D eigenvalue weighted by molar-refractivity contribution is -0.142. The van der Waals surface area contributed by atoms with Gasteiger partial charge >= 0.3 is 12.1 Å². The van der Waals surface area contributed by atoms with Crippen molar-refractivity contribution in [3.05, 3.63) is 51.9 Å². The molecule has 0 aliphatic heterocycles. The fraction of sp³-hybridized carbons (Fsp3) is 0.312. The first-order valence-electron chi connectivity index (χ1n) is 7.22. The van der Waals surface area contributed by atoms with Crippen LogP contribution in [0.4, 0.5) is 13.2 Å². The number of benzene rings is 1. The molecule has 0 radical (unpaired) electrons. The Kier molecular flexibility index (Phi) is 4.10. The third kappa shape index (κ3) is 3.02. The van der Waals surface area contributed by atoms with Crippen LogP contribution in [0.15, 0.2) is 24.3 Å². The van der Waals surface area contributed by atoms with Crippen LogP contribution in [0.5, 0.6) is 5.88 Å². The Morgan fingerprint density at radius 3 is 2.28 bits per heavy atom. The predicted molar refractivity (Wildman–Crippen MR) is 82.0 cm³/mol. The van der Waals surface area contributed by atoms with Gasteiger partial charge in [0.2, 0.25) is 5.88 Å². The fourth-order valence-electron chi connectivity index (χ4n) is 2.78. The molecule has 1 aromatic carbocycles. The molecule has 0 saturated heterocycles. The highest BCUT2D eigenvalue weighted by atomic mass is 35.5. The van der Waals surface area contributed by atoms with Crippen molar-refractivity contribution in [2.75, 3.05) is 7.11 Å². The van der Waals surface area contributed by atoms with Crippen LogP contribution < -0.4 is 4.74 Å². The first kappa shape index (κ1) is 17.5. The molecule has 1 heterocycles. The zero-order valence-corrected chi connectivity index (χ0v) is 13.6. The van der Waals surface area contributed by atoms with Gasteiger partial charge in [-0.3, -0.25) is 0 Å². The topological polar surface area (TPSA) is 72.3 Å². The Morgan fingerprint density at radius 1 is 1.24 bits per heavy atom. The number of rotatable bonds is 4. The van der Waals surface area contributed by atoms with Crippen LogP contribution in [0, 0.1) is 0 Å². The van der Waals surface area contributed by atoms with Gasteiger partial charge in [-0.25, -0.2) is 14.8 Å². The second-order valence-corrected chi connectivity index (χ2v) is 6.11. The Morgan fingerprint density at radius 2 is 1.84 bits per heavy atom. The first-order valence-corrected chi connectivity index (χ1v) is 7.60. The van der Waals surface area contributed by atoms with Gasteiger partial charge in [-0.1, -0.05) is 23.7 Å². The van der Waals surface area contributed by atoms with Gasteiger partial charge in [0.25, 0.3) is 0 Å². The normalized spacial score (nSPS) is 15.7. The van der Waals surface area contributed by atoms with Gasteiger partial charge < -0.3 is 9.84 Å². The van der Waals surface area contributed by atoms with E-state index in [1.807, 2.05) is 0 Å². The van der Waals surface area contributed by atoms with E-state index in [-0.39, 0.29) is 11.6 Å². The highest BCUT2D eigenvalue weighted by molar-refractivity contribution is 6.30. The van der Waals surface area contributed by atoms with Crippen molar-refractivity contribution in [2.24, 2.45) is 0 Å². The molecule has 0 spiro atoms. The molecule has 0 bridgehead atoms. The lowest BCUT2D eigenvalue weighted by Crippen LogP contribution is -2.23. The Hall–Kier alpha value is -2.35. The number of halogens is 4. The van der Waals surface area contributed by atoms with E-state index >= 15 is 0 Å². The zero-order chi connectivity index (χ0) is 18.4. The molecule has 25 heavy (non-hydrogen) atoms. The SMILES string of the molecule is COc1nc(C(=O)O)c(C(F)(F)F)nc1C1(c2ccc(Cl)cc2)CC1. The number of ether oxygens (including phenoxy) is 1. The Labute approximate surface area is 145 Å². The maximum Gasteiger partial charge on any atom is 0.435 e. The molecule has 3 rings (SSSR count). The second-order valence-electron chi connectivity index (χ2n) is 5.67. The third-order valence-electron chi connectivity index (χ3n) is 4.13. The van der Waals surface area contributed by atoms with Crippen molar-refractivity contribution < 1.29 is 27.8 Å². The van der Waals surface area contributed by atoms with Crippen LogP contribution in [0.1, 0.15) is 40.3 Å². The maximum atomic E-state index is 13.3. The number of carboxylic acid groups (broad SMARTS) is 1. The van der Waals surface area contributed by atoms with Gasteiger partial charge in [-0.2, -0.15) is 13.2 Å². The molecule has 1 fully saturated rings. The lowest BCUT2D eigenvalue weighted by Gasteiger charge is -2.20. The minimum atomic E-state index is -4.95. The van der Waals surface area contributed by atoms with E-state index in [0.29, 0.717) is 17.9 Å². The Balaban J connectivity index is 2.22. The van der Waals surface area contributed by atoms with Crippen molar-refractivity contribution >= 4 is 17.6 Å². The number of methoxy groups -OCH3 is 1. The fourth-order valence-corrected chi connectivity index (χ4v) is 2.90. The minimum absolute atomic E-state index is 0.0188. The van der Waals surface area contributed by atoms with Crippen LogP contribution >= 0.6 is 11.6 Å². The number of hydrogen-bond acceptors (Lipinski definition) is 4. The molecular weight excluding hydrogens is 361 g/mol. The quantitative estimate of drug-likeness (QED) is 0.880. The van der Waals surface area contributed by atoms with Crippen LogP contribution in [-0.4, -0.2) is 28.2 Å². The van der Waals surface area contributed by atoms with E-state index in [1.165, 1.54) is 7.11 Å². The molecule has 1 aromatic heterocycles. The van der Waals surface area contributed by atoms with Gasteiger partial charge in [0.05, 0.1) is 7.11 Å². The molecule has 0 atom stereocenters. The van der Waals surface area contributed by atoms with Crippen LogP contribution in [0.3, 0.4) is 0 Å². The smallest absolute Gasteiger partial charge is 0.435 e. The molecule has 5 nitrogen and oxygen atoms in total. The zero-order valence-electron chi connectivity index (χ0n) is 12.9. The van der Waals surface area contributed by atoms with E-state index in [1.54, 1.807) is 24.3 Å². The molecule has 1 N–H and O–H groups in total. The molecule has 9 heteroatoms. The van der Waals surface area contributed by atoms with Gasteiger partial charge in [-0.15, -0.1) is 0 Å². The van der Waals surface area contributed by atoms with Crippen molar-refractivity contribution in [3.63, 3.8) is 0 Å². The number of carbonyl (C=O) groups is 1. The molecule has 2 aromatic rings. The number of aromatic nitrogens is 2. The minimum Gasteiger partial charge on any atom is -0.480 e. The van der Waals surface area contributed by atoms with Crippen molar-refractivity contribution in [1.82, 2.24) is 9.97 Å². The average Bonchev–Trinajstić information content (AvgIpc) is 3.35. The van der Waals surface area contributed by atoms with E-state index in [2.05, 4.69) is 9.97 Å². The molecule has 1 aliphatic carbocycles. The average molecular weight is 373 g/mol. The standard InChI is InChI=1S/C16H12ClF3N2O3/c1-25-13-12(15(6-7-15)8-2-4-9(17)5-3-8)22-11(16(18,19)20)10(21-13)14(23)24/h2-5H,6-7H2,1H3,(H,23,24). The second kappa shape index (κ2) is 5.87.